The van der Waals surface area contributed by atoms with Gasteiger partial charge in [-0.1, -0.05) is 41.0 Å². The number of esters is 1. The van der Waals surface area contributed by atoms with Crippen molar-refractivity contribution in [3.63, 3.8) is 0 Å². The van der Waals surface area contributed by atoms with Gasteiger partial charge in [-0.15, -0.1) is 0 Å². The minimum absolute atomic E-state index is 0.102. The second kappa shape index (κ2) is 7.86. The first-order chi connectivity index (χ1) is 11.0. The smallest absolute Gasteiger partial charge is 0.345 e. The van der Waals surface area contributed by atoms with E-state index < -0.39 is 11.5 Å². The third-order valence-corrected chi connectivity index (χ3v) is 4.31. The zero-order valence-corrected chi connectivity index (χ0v) is 14.8. The van der Waals surface area contributed by atoms with Crippen LogP contribution in [-0.4, -0.2) is 28.4 Å². The summed E-state index contributed by atoms with van der Waals surface area (Å²) in [5, 5.41) is 1.43. The minimum atomic E-state index is -0.686. The van der Waals surface area contributed by atoms with Gasteiger partial charge in [0.2, 0.25) is 0 Å². The van der Waals surface area contributed by atoms with Crippen molar-refractivity contribution in [3.8, 4) is 0 Å². The van der Waals surface area contributed by atoms with Gasteiger partial charge in [0.15, 0.2) is 5.16 Å². The van der Waals surface area contributed by atoms with Crippen LogP contribution < -0.4 is 5.56 Å². The lowest BCUT2D eigenvalue weighted by atomic mass is 10.2. The summed E-state index contributed by atoms with van der Waals surface area (Å²) in [7, 11) is 0. The fourth-order valence-corrected chi connectivity index (χ4v) is 2.94. The van der Waals surface area contributed by atoms with Crippen molar-refractivity contribution in [3.05, 3.63) is 55.9 Å². The maximum atomic E-state index is 12.6. The molecular weight excluding hydrogens is 359 g/mol. The second-order valence-electron chi connectivity index (χ2n) is 4.51. The molecule has 0 spiro atoms. The molecule has 0 amide bonds. The maximum absolute atomic E-state index is 12.6. The number of thioether (sulfide) groups is 1. The van der Waals surface area contributed by atoms with Gasteiger partial charge in [-0.05, 0) is 30.9 Å². The van der Waals surface area contributed by atoms with E-state index in [4.69, 9.17) is 27.9 Å². The molecule has 0 bridgehead atoms. The molecule has 0 unspecified atom stereocenters. The van der Waals surface area contributed by atoms with E-state index in [0.717, 1.165) is 0 Å². The van der Waals surface area contributed by atoms with Crippen LogP contribution in [0.15, 0.2) is 34.3 Å². The molecule has 0 aliphatic heterocycles. The lowest BCUT2D eigenvalue weighted by molar-refractivity contribution is 0.0522. The first-order valence-electron chi connectivity index (χ1n) is 6.72. The van der Waals surface area contributed by atoms with Gasteiger partial charge in [0.25, 0.3) is 5.56 Å². The molecule has 0 aliphatic rings. The Balaban J connectivity index is 2.49. The summed E-state index contributed by atoms with van der Waals surface area (Å²) in [6.45, 7) is 2.05. The lowest BCUT2D eigenvalue weighted by Crippen LogP contribution is -2.29. The Kier molecular flexibility index (Phi) is 6.10. The summed E-state index contributed by atoms with van der Waals surface area (Å²) in [6, 6.07) is 5.03. The molecule has 0 fully saturated rings. The fraction of sp³-hybridized carbons (Fsp3) is 0.267. The molecule has 2 rings (SSSR count). The van der Waals surface area contributed by atoms with Crippen LogP contribution in [0.5, 0.6) is 0 Å². The predicted octanol–water partition coefficient (Wildman–Crippen LogP) is 3.50. The van der Waals surface area contributed by atoms with E-state index in [0.29, 0.717) is 20.8 Å². The van der Waals surface area contributed by atoms with Crippen LogP contribution >= 0.6 is 35.0 Å². The Morgan fingerprint density at radius 3 is 2.74 bits per heavy atom. The average Bonchev–Trinajstić information content (AvgIpc) is 2.51. The number of hydrogen-bond acceptors (Lipinski definition) is 5. The van der Waals surface area contributed by atoms with E-state index in [1.165, 1.54) is 22.5 Å². The van der Waals surface area contributed by atoms with Gasteiger partial charge in [0.1, 0.15) is 5.56 Å². The summed E-state index contributed by atoms with van der Waals surface area (Å²) < 4.78 is 6.28. The zero-order valence-electron chi connectivity index (χ0n) is 12.5. The Morgan fingerprint density at radius 1 is 1.39 bits per heavy atom. The molecule has 0 aliphatic carbocycles. The van der Waals surface area contributed by atoms with Gasteiger partial charge in [-0.25, -0.2) is 9.78 Å². The Bertz CT molecular complexity index is 793. The second-order valence-corrected chi connectivity index (χ2v) is 6.12. The highest BCUT2D eigenvalue weighted by molar-refractivity contribution is 7.98. The molecule has 0 atom stereocenters. The Labute approximate surface area is 147 Å². The number of aromatic nitrogens is 2. The van der Waals surface area contributed by atoms with Crippen LogP contribution in [0.4, 0.5) is 0 Å². The Hall–Kier alpha value is -1.50. The number of ether oxygens (including phenoxy) is 1. The van der Waals surface area contributed by atoms with Gasteiger partial charge in [-0.3, -0.25) is 9.36 Å². The van der Waals surface area contributed by atoms with Crippen molar-refractivity contribution in [2.24, 2.45) is 0 Å². The average molecular weight is 373 g/mol. The number of rotatable bonds is 5. The van der Waals surface area contributed by atoms with Crippen molar-refractivity contribution < 1.29 is 9.53 Å². The third-order valence-electron chi connectivity index (χ3n) is 3.03. The van der Waals surface area contributed by atoms with Crippen molar-refractivity contribution in [2.75, 3.05) is 12.9 Å². The monoisotopic (exact) mass is 372 g/mol. The predicted molar refractivity (Wildman–Crippen MR) is 91.8 cm³/mol. The molecular formula is C15H14Cl2N2O3S. The minimum Gasteiger partial charge on any atom is -0.462 e. The standard InChI is InChI=1S/C15H14Cl2N2O3S/c1-3-22-14(21)11-7-18-15(23-2)19(13(11)20)8-9-4-5-10(16)6-12(9)17/h4-7H,3,8H2,1-2H3. The van der Waals surface area contributed by atoms with E-state index >= 15 is 0 Å². The van der Waals surface area contributed by atoms with E-state index in [1.807, 2.05) is 0 Å². The lowest BCUT2D eigenvalue weighted by Gasteiger charge is -2.13. The molecule has 0 radical (unpaired) electrons. The summed E-state index contributed by atoms with van der Waals surface area (Å²) in [5.74, 6) is -0.686. The highest BCUT2D eigenvalue weighted by Crippen LogP contribution is 2.22. The van der Waals surface area contributed by atoms with Gasteiger partial charge in [0.05, 0.1) is 19.3 Å². The fourth-order valence-electron chi connectivity index (χ4n) is 1.95. The number of carbonyl (C=O) groups is 1. The van der Waals surface area contributed by atoms with Crippen molar-refractivity contribution in [1.29, 1.82) is 0 Å². The van der Waals surface area contributed by atoms with Crippen LogP contribution in [-0.2, 0) is 11.3 Å². The van der Waals surface area contributed by atoms with Gasteiger partial charge < -0.3 is 4.74 Å². The van der Waals surface area contributed by atoms with E-state index in [1.54, 1.807) is 31.4 Å². The SMILES string of the molecule is CCOC(=O)c1cnc(SC)n(Cc2ccc(Cl)cc2Cl)c1=O. The van der Waals surface area contributed by atoms with Crippen LogP contribution in [0.1, 0.15) is 22.8 Å². The van der Waals surface area contributed by atoms with Crippen LogP contribution in [0.2, 0.25) is 10.0 Å². The summed E-state index contributed by atoms with van der Waals surface area (Å²) >= 11 is 13.3. The molecule has 8 heteroatoms. The molecule has 1 heterocycles. The number of halogens is 2. The summed E-state index contributed by atoms with van der Waals surface area (Å²) in [5.41, 5.74) is 0.139. The topological polar surface area (TPSA) is 61.2 Å². The molecule has 5 nitrogen and oxygen atoms in total. The molecule has 0 saturated heterocycles. The van der Waals surface area contributed by atoms with E-state index in [2.05, 4.69) is 4.98 Å². The molecule has 2 aromatic rings. The van der Waals surface area contributed by atoms with Crippen LogP contribution in [0.25, 0.3) is 0 Å². The highest BCUT2D eigenvalue weighted by Gasteiger charge is 2.18. The first kappa shape index (κ1) is 17.8. The van der Waals surface area contributed by atoms with Gasteiger partial charge in [-0.2, -0.15) is 0 Å². The first-order valence-corrected chi connectivity index (χ1v) is 8.70. The molecule has 1 aromatic heterocycles. The number of hydrogen-bond donors (Lipinski definition) is 0. The number of nitrogens with zero attached hydrogens (tertiary/aromatic N) is 2. The number of benzene rings is 1. The number of carbonyl (C=O) groups excluding carboxylic acids is 1. The quantitative estimate of drug-likeness (QED) is 0.456. The molecule has 122 valence electrons. The van der Waals surface area contributed by atoms with Crippen LogP contribution in [0, 0.1) is 0 Å². The maximum Gasteiger partial charge on any atom is 0.345 e. The molecule has 0 N–H and O–H groups in total. The summed E-state index contributed by atoms with van der Waals surface area (Å²) in [4.78, 5) is 28.6. The normalized spacial score (nSPS) is 10.6. The van der Waals surface area contributed by atoms with E-state index in [-0.39, 0.29) is 18.7 Å². The van der Waals surface area contributed by atoms with Gasteiger partial charge in [0, 0.05) is 10.0 Å². The highest BCUT2D eigenvalue weighted by atomic mass is 35.5. The third kappa shape index (κ3) is 4.07. The van der Waals surface area contributed by atoms with E-state index in [9.17, 15) is 9.59 Å². The zero-order chi connectivity index (χ0) is 17.0. The van der Waals surface area contributed by atoms with Crippen LogP contribution in [0.3, 0.4) is 0 Å². The summed E-state index contributed by atoms with van der Waals surface area (Å²) in [6.07, 6.45) is 3.04. The molecule has 23 heavy (non-hydrogen) atoms. The van der Waals surface area contributed by atoms with Gasteiger partial charge >= 0.3 is 5.97 Å². The van der Waals surface area contributed by atoms with Crippen molar-refractivity contribution in [1.82, 2.24) is 9.55 Å². The van der Waals surface area contributed by atoms with Crippen molar-refractivity contribution >= 4 is 40.9 Å². The largest absolute Gasteiger partial charge is 0.462 e. The molecule has 1 aromatic carbocycles. The van der Waals surface area contributed by atoms with Crippen molar-refractivity contribution in [2.45, 2.75) is 18.6 Å². The molecule has 0 saturated carbocycles. The Morgan fingerprint density at radius 2 is 2.13 bits per heavy atom.